The Morgan fingerprint density at radius 2 is 2.24 bits per heavy atom. The summed E-state index contributed by atoms with van der Waals surface area (Å²) in [5, 5.41) is 0. The molecular formula is C11H11N3O3. The van der Waals surface area contributed by atoms with Gasteiger partial charge >= 0.3 is 0 Å². The Balaban J connectivity index is 2.48. The zero-order valence-corrected chi connectivity index (χ0v) is 9.21. The van der Waals surface area contributed by atoms with Crippen molar-refractivity contribution in [2.45, 2.75) is 6.54 Å². The molecule has 1 amide bonds. The Labute approximate surface area is 96.8 Å². The fourth-order valence-electron chi connectivity index (χ4n) is 1.57. The number of aromatic nitrogens is 2. The van der Waals surface area contributed by atoms with E-state index in [2.05, 4.69) is 15.3 Å². The van der Waals surface area contributed by atoms with Crippen LogP contribution in [-0.4, -0.2) is 22.6 Å². The van der Waals surface area contributed by atoms with Gasteiger partial charge in [0.05, 0.1) is 24.3 Å². The van der Waals surface area contributed by atoms with Crippen LogP contribution < -0.4 is 11.0 Å². The third kappa shape index (κ3) is 2.31. The van der Waals surface area contributed by atoms with Crippen molar-refractivity contribution < 1.29 is 9.63 Å². The lowest BCUT2D eigenvalue weighted by Gasteiger charge is -2.08. The fourth-order valence-corrected chi connectivity index (χ4v) is 1.57. The van der Waals surface area contributed by atoms with Crippen molar-refractivity contribution in [3.8, 4) is 0 Å². The van der Waals surface area contributed by atoms with E-state index in [1.807, 2.05) is 6.07 Å². The molecule has 0 radical (unpaired) electrons. The van der Waals surface area contributed by atoms with Crippen LogP contribution in [0.15, 0.2) is 35.3 Å². The van der Waals surface area contributed by atoms with E-state index in [0.29, 0.717) is 11.0 Å². The molecule has 1 heterocycles. The molecule has 88 valence electrons. The van der Waals surface area contributed by atoms with E-state index in [9.17, 15) is 9.59 Å². The summed E-state index contributed by atoms with van der Waals surface area (Å²) in [7, 11) is 1.34. The lowest BCUT2D eigenvalue weighted by atomic mass is 10.3. The minimum absolute atomic E-state index is 0.101. The van der Waals surface area contributed by atoms with Crippen molar-refractivity contribution in [1.29, 1.82) is 0 Å². The average Bonchev–Trinajstić information content (AvgIpc) is 2.33. The Morgan fingerprint density at radius 3 is 3.00 bits per heavy atom. The molecule has 1 aromatic heterocycles. The van der Waals surface area contributed by atoms with Crippen molar-refractivity contribution in [2.24, 2.45) is 0 Å². The number of nitrogens with one attached hydrogen (secondary N) is 1. The van der Waals surface area contributed by atoms with Gasteiger partial charge in [-0.15, -0.1) is 0 Å². The molecule has 6 nitrogen and oxygen atoms in total. The minimum Gasteiger partial charge on any atom is -0.296 e. The number of benzene rings is 1. The lowest BCUT2D eigenvalue weighted by Crippen LogP contribution is -2.31. The molecule has 2 aromatic rings. The summed E-state index contributed by atoms with van der Waals surface area (Å²) in [6.07, 6.45) is 1.20. The first kappa shape index (κ1) is 11.3. The summed E-state index contributed by atoms with van der Waals surface area (Å²) in [5.74, 6) is -0.397. The van der Waals surface area contributed by atoms with Gasteiger partial charge in [-0.1, -0.05) is 12.1 Å². The fraction of sp³-hybridized carbons (Fsp3) is 0.182. The molecule has 0 atom stereocenters. The third-order valence-corrected chi connectivity index (χ3v) is 2.27. The topological polar surface area (TPSA) is 73.2 Å². The van der Waals surface area contributed by atoms with Crippen molar-refractivity contribution in [2.75, 3.05) is 7.11 Å². The lowest BCUT2D eigenvalue weighted by molar-refractivity contribution is -0.131. The summed E-state index contributed by atoms with van der Waals surface area (Å²) in [5.41, 5.74) is 3.12. The van der Waals surface area contributed by atoms with Crippen molar-refractivity contribution in [1.82, 2.24) is 15.0 Å². The zero-order chi connectivity index (χ0) is 12.3. The Bertz CT molecular complexity index is 606. The number of nitrogens with zero attached hydrogens (tertiary/aromatic N) is 2. The van der Waals surface area contributed by atoms with Gasteiger partial charge in [0.1, 0.15) is 6.54 Å². The highest BCUT2D eigenvalue weighted by Crippen LogP contribution is 2.07. The molecule has 1 N–H and O–H groups in total. The highest BCUT2D eigenvalue weighted by Gasteiger charge is 2.07. The third-order valence-electron chi connectivity index (χ3n) is 2.27. The second-order valence-electron chi connectivity index (χ2n) is 3.40. The molecule has 0 aliphatic rings. The monoisotopic (exact) mass is 233 g/mol. The van der Waals surface area contributed by atoms with Crippen LogP contribution in [0.4, 0.5) is 0 Å². The van der Waals surface area contributed by atoms with Gasteiger partial charge in [-0.3, -0.25) is 19.0 Å². The number of fused-ring (bicyclic) bond motifs is 1. The minimum atomic E-state index is -0.397. The van der Waals surface area contributed by atoms with E-state index in [1.54, 1.807) is 18.2 Å². The van der Waals surface area contributed by atoms with Gasteiger partial charge in [-0.25, -0.2) is 10.5 Å². The van der Waals surface area contributed by atoms with Gasteiger partial charge in [-0.2, -0.15) is 0 Å². The zero-order valence-electron chi connectivity index (χ0n) is 9.21. The van der Waals surface area contributed by atoms with Gasteiger partial charge in [0.15, 0.2) is 0 Å². The molecule has 0 aliphatic carbocycles. The van der Waals surface area contributed by atoms with Gasteiger partial charge in [-0.05, 0) is 12.1 Å². The number of hydrogen-bond donors (Lipinski definition) is 1. The van der Waals surface area contributed by atoms with E-state index in [0.717, 1.165) is 0 Å². The molecule has 0 bridgehead atoms. The predicted octanol–water partition coefficient (Wildman–Crippen LogP) is 0.0741. The van der Waals surface area contributed by atoms with Crippen LogP contribution in [0.2, 0.25) is 0 Å². The molecule has 1 aromatic carbocycles. The number of carbonyl (C=O) groups excluding carboxylic acids is 1. The van der Waals surface area contributed by atoms with Gasteiger partial charge in [0, 0.05) is 0 Å². The summed E-state index contributed by atoms with van der Waals surface area (Å²) < 4.78 is 1.34. The van der Waals surface area contributed by atoms with E-state index in [4.69, 9.17) is 0 Å². The number of amides is 1. The first-order chi connectivity index (χ1) is 8.22. The molecule has 0 aliphatic heterocycles. The molecule has 0 saturated heterocycles. The molecule has 0 spiro atoms. The first-order valence-electron chi connectivity index (χ1n) is 4.99. The molecule has 17 heavy (non-hydrogen) atoms. The number of rotatable bonds is 3. The predicted molar refractivity (Wildman–Crippen MR) is 61.2 cm³/mol. The SMILES string of the molecule is CONC(=O)Cn1c(=O)cnc2ccccc21. The van der Waals surface area contributed by atoms with Gasteiger partial charge in [0.25, 0.3) is 11.5 Å². The summed E-state index contributed by atoms with van der Waals surface area (Å²) in [4.78, 5) is 31.5. The van der Waals surface area contributed by atoms with Crippen LogP contribution in [0.25, 0.3) is 11.0 Å². The van der Waals surface area contributed by atoms with Crippen LogP contribution in [0, 0.1) is 0 Å². The molecule has 0 unspecified atom stereocenters. The summed E-state index contributed by atoms with van der Waals surface area (Å²) >= 11 is 0. The van der Waals surface area contributed by atoms with Gasteiger partial charge < -0.3 is 0 Å². The summed E-state index contributed by atoms with van der Waals surface area (Å²) in [6, 6.07) is 7.12. The number of carbonyl (C=O) groups is 1. The van der Waals surface area contributed by atoms with Crippen LogP contribution in [-0.2, 0) is 16.2 Å². The van der Waals surface area contributed by atoms with Crippen molar-refractivity contribution in [3.05, 3.63) is 40.8 Å². The van der Waals surface area contributed by atoms with Gasteiger partial charge in [0.2, 0.25) is 0 Å². The van der Waals surface area contributed by atoms with Crippen molar-refractivity contribution in [3.63, 3.8) is 0 Å². The first-order valence-corrected chi connectivity index (χ1v) is 4.99. The quantitative estimate of drug-likeness (QED) is 0.761. The van der Waals surface area contributed by atoms with E-state index in [1.165, 1.54) is 17.9 Å². The van der Waals surface area contributed by atoms with Crippen LogP contribution in [0.5, 0.6) is 0 Å². The maximum absolute atomic E-state index is 11.7. The maximum Gasteiger partial charge on any atom is 0.269 e. The summed E-state index contributed by atoms with van der Waals surface area (Å²) in [6.45, 7) is -0.101. The smallest absolute Gasteiger partial charge is 0.269 e. The average molecular weight is 233 g/mol. The number of para-hydroxylation sites is 2. The van der Waals surface area contributed by atoms with E-state index in [-0.39, 0.29) is 12.1 Å². The van der Waals surface area contributed by atoms with Crippen LogP contribution >= 0.6 is 0 Å². The molecular weight excluding hydrogens is 222 g/mol. The maximum atomic E-state index is 11.7. The highest BCUT2D eigenvalue weighted by molar-refractivity contribution is 5.79. The molecule has 2 rings (SSSR count). The Morgan fingerprint density at radius 1 is 1.47 bits per heavy atom. The standard InChI is InChI=1S/C11H11N3O3/c1-17-13-10(15)7-14-9-5-3-2-4-8(9)12-6-11(14)16/h2-6H,7H2,1H3,(H,13,15). The highest BCUT2D eigenvalue weighted by atomic mass is 16.6. The second kappa shape index (κ2) is 4.75. The number of hydrogen-bond acceptors (Lipinski definition) is 4. The molecule has 0 saturated carbocycles. The Kier molecular flexibility index (Phi) is 3.15. The van der Waals surface area contributed by atoms with E-state index >= 15 is 0 Å². The van der Waals surface area contributed by atoms with Crippen LogP contribution in [0.1, 0.15) is 0 Å². The van der Waals surface area contributed by atoms with E-state index < -0.39 is 5.91 Å². The largest absolute Gasteiger partial charge is 0.296 e. The second-order valence-corrected chi connectivity index (χ2v) is 3.40. The van der Waals surface area contributed by atoms with Crippen LogP contribution in [0.3, 0.4) is 0 Å². The normalized spacial score (nSPS) is 10.4. The van der Waals surface area contributed by atoms with Crippen molar-refractivity contribution >= 4 is 16.9 Å². The molecule has 6 heteroatoms. The number of hydroxylamine groups is 1. The Hall–Kier alpha value is -2.21. The molecule has 0 fully saturated rings.